The molecule has 9 heteroatoms. The standard InChI is InChI=1S/C29H38O9/c1-5-6-7-8-9-17-13-21(31)23(19-12-16(4)10-11-18(19)15(2)3)26(22(17)27(34)35)37-29-20(14-30)24(32)25(33)28(36)38-29/h1,12-13,18-20,24-25,28-33,36H,2,6-11,14H2,3-4H3,(H,34,35)/t18-,19+,20+,24+,25-,28-,29?/m0/s1. The van der Waals surface area contributed by atoms with Crippen LogP contribution in [-0.4, -0.2) is 68.0 Å². The maximum Gasteiger partial charge on any atom is 0.339 e. The number of rotatable bonds is 10. The lowest BCUT2D eigenvalue weighted by molar-refractivity contribution is -0.313. The van der Waals surface area contributed by atoms with Gasteiger partial charge in [-0.3, -0.25) is 0 Å². The van der Waals surface area contributed by atoms with Crippen molar-refractivity contribution in [3.05, 3.63) is 46.6 Å². The van der Waals surface area contributed by atoms with E-state index in [-0.39, 0.29) is 28.5 Å². The van der Waals surface area contributed by atoms with Crippen LogP contribution in [0.4, 0.5) is 0 Å². The fraction of sp³-hybridized carbons (Fsp3) is 0.552. The Morgan fingerprint density at radius 1 is 1.26 bits per heavy atom. The molecule has 38 heavy (non-hydrogen) atoms. The molecule has 1 aromatic rings. The molecule has 0 amide bonds. The molecule has 1 saturated heterocycles. The highest BCUT2D eigenvalue weighted by molar-refractivity contribution is 5.94. The van der Waals surface area contributed by atoms with E-state index >= 15 is 0 Å². The van der Waals surface area contributed by atoms with Crippen LogP contribution in [0.15, 0.2) is 29.9 Å². The number of carbonyl (C=O) groups is 1. The van der Waals surface area contributed by atoms with Gasteiger partial charge in [0, 0.05) is 17.9 Å². The van der Waals surface area contributed by atoms with Crippen molar-refractivity contribution in [1.29, 1.82) is 0 Å². The van der Waals surface area contributed by atoms with Crippen LogP contribution < -0.4 is 4.74 Å². The Labute approximate surface area is 223 Å². The van der Waals surface area contributed by atoms with Crippen LogP contribution in [0.2, 0.25) is 0 Å². The molecule has 0 saturated carbocycles. The summed E-state index contributed by atoms with van der Waals surface area (Å²) in [5.41, 5.74) is 2.27. The minimum absolute atomic E-state index is 0.117. The number of ether oxygens (including phenoxy) is 2. The van der Waals surface area contributed by atoms with E-state index in [0.717, 1.165) is 24.0 Å². The summed E-state index contributed by atoms with van der Waals surface area (Å²) in [5, 5.41) is 62.2. The van der Waals surface area contributed by atoms with Gasteiger partial charge in [0.05, 0.1) is 18.6 Å². The smallest absolute Gasteiger partial charge is 0.339 e. The van der Waals surface area contributed by atoms with E-state index in [1.165, 1.54) is 6.07 Å². The van der Waals surface area contributed by atoms with Gasteiger partial charge in [-0.1, -0.05) is 23.8 Å². The number of aliphatic hydroxyl groups excluding tert-OH is 4. The molecule has 0 spiro atoms. The Kier molecular flexibility index (Phi) is 9.99. The first kappa shape index (κ1) is 29.7. The van der Waals surface area contributed by atoms with Crippen molar-refractivity contribution in [1.82, 2.24) is 0 Å². The number of carboxylic acid groups (broad SMARTS) is 1. The summed E-state index contributed by atoms with van der Waals surface area (Å²) in [6.07, 6.45) is 4.25. The Hall–Kier alpha value is -2.87. The predicted molar refractivity (Wildman–Crippen MR) is 140 cm³/mol. The molecule has 0 aromatic heterocycles. The minimum Gasteiger partial charge on any atom is -0.507 e. The van der Waals surface area contributed by atoms with E-state index in [1.54, 1.807) is 0 Å². The fourth-order valence-corrected chi connectivity index (χ4v) is 5.36. The molecule has 0 radical (unpaired) electrons. The van der Waals surface area contributed by atoms with Crippen molar-refractivity contribution in [3.63, 3.8) is 0 Å². The lowest BCUT2D eigenvalue weighted by Gasteiger charge is -2.41. The number of phenols is 1. The number of hydrogen-bond acceptors (Lipinski definition) is 8. The molecule has 0 bridgehead atoms. The molecule has 1 aliphatic heterocycles. The summed E-state index contributed by atoms with van der Waals surface area (Å²) in [4.78, 5) is 12.7. The molecule has 7 atom stereocenters. The van der Waals surface area contributed by atoms with Crippen molar-refractivity contribution in [2.75, 3.05) is 6.61 Å². The number of hydrogen-bond donors (Lipinski definition) is 6. The number of carboxylic acids is 1. The first-order valence-electron chi connectivity index (χ1n) is 12.9. The van der Waals surface area contributed by atoms with Gasteiger partial charge in [0.15, 0.2) is 6.29 Å². The van der Waals surface area contributed by atoms with Crippen LogP contribution in [0.25, 0.3) is 0 Å². The molecular formula is C29H38O9. The van der Waals surface area contributed by atoms with E-state index in [4.69, 9.17) is 15.9 Å². The number of aryl methyl sites for hydroxylation is 1. The molecule has 1 aromatic carbocycles. The van der Waals surface area contributed by atoms with Gasteiger partial charge in [0.1, 0.15) is 23.2 Å². The number of phenolic OH excluding ortho intramolecular Hbond substituents is 1. The maximum atomic E-state index is 12.7. The second-order valence-electron chi connectivity index (χ2n) is 10.3. The monoisotopic (exact) mass is 530 g/mol. The number of aromatic carboxylic acids is 1. The zero-order valence-corrected chi connectivity index (χ0v) is 21.8. The van der Waals surface area contributed by atoms with Gasteiger partial charge in [-0.2, -0.15) is 0 Å². The van der Waals surface area contributed by atoms with Crippen molar-refractivity contribution in [2.24, 2.45) is 11.8 Å². The van der Waals surface area contributed by atoms with Crippen molar-refractivity contribution < 1.29 is 44.9 Å². The largest absolute Gasteiger partial charge is 0.507 e. The molecule has 208 valence electrons. The van der Waals surface area contributed by atoms with Crippen LogP contribution >= 0.6 is 0 Å². The van der Waals surface area contributed by atoms with E-state index in [0.29, 0.717) is 31.2 Å². The first-order chi connectivity index (χ1) is 18.0. The number of benzene rings is 1. The second kappa shape index (κ2) is 12.8. The summed E-state index contributed by atoms with van der Waals surface area (Å²) in [6, 6.07) is 1.44. The summed E-state index contributed by atoms with van der Waals surface area (Å²) in [5.74, 6) is -0.883. The summed E-state index contributed by atoms with van der Waals surface area (Å²) < 4.78 is 11.5. The third-order valence-electron chi connectivity index (χ3n) is 7.47. The summed E-state index contributed by atoms with van der Waals surface area (Å²) >= 11 is 0. The van der Waals surface area contributed by atoms with E-state index in [2.05, 4.69) is 12.5 Å². The average molecular weight is 531 g/mol. The number of unbranched alkanes of at least 4 members (excludes halogenated alkanes) is 2. The fourth-order valence-electron chi connectivity index (χ4n) is 5.36. The quantitative estimate of drug-likeness (QED) is 0.152. The lowest BCUT2D eigenvalue weighted by atomic mass is 9.73. The van der Waals surface area contributed by atoms with Crippen LogP contribution in [0.3, 0.4) is 0 Å². The zero-order chi connectivity index (χ0) is 28.1. The van der Waals surface area contributed by atoms with E-state index in [1.807, 2.05) is 19.9 Å². The highest BCUT2D eigenvalue weighted by Crippen LogP contribution is 2.49. The van der Waals surface area contributed by atoms with Gasteiger partial charge in [0.25, 0.3) is 0 Å². The Morgan fingerprint density at radius 2 is 1.97 bits per heavy atom. The number of aliphatic hydroxyl groups is 4. The van der Waals surface area contributed by atoms with Crippen LogP contribution in [0.5, 0.6) is 11.5 Å². The molecular weight excluding hydrogens is 492 g/mol. The molecule has 3 rings (SSSR count). The minimum atomic E-state index is -1.84. The summed E-state index contributed by atoms with van der Waals surface area (Å²) in [7, 11) is 0. The Morgan fingerprint density at radius 3 is 2.58 bits per heavy atom. The lowest BCUT2D eigenvalue weighted by Crippen LogP contribution is -2.57. The molecule has 6 N–H and O–H groups in total. The van der Waals surface area contributed by atoms with E-state index in [9.17, 15) is 35.4 Å². The zero-order valence-electron chi connectivity index (χ0n) is 21.8. The van der Waals surface area contributed by atoms with Crippen molar-refractivity contribution in [3.8, 4) is 23.8 Å². The van der Waals surface area contributed by atoms with Gasteiger partial charge in [-0.15, -0.1) is 12.3 Å². The molecule has 9 nitrogen and oxygen atoms in total. The Balaban J connectivity index is 2.22. The normalized spacial score (nSPS) is 29.3. The summed E-state index contributed by atoms with van der Waals surface area (Å²) in [6.45, 7) is 7.26. The molecule has 1 unspecified atom stereocenters. The first-order valence-corrected chi connectivity index (χ1v) is 12.9. The third kappa shape index (κ3) is 6.22. The third-order valence-corrected chi connectivity index (χ3v) is 7.47. The van der Waals surface area contributed by atoms with Crippen molar-refractivity contribution >= 4 is 5.97 Å². The molecule has 1 aliphatic carbocycles. The van der Waals surface area contributed by atoms with E-state index < -0.39 is 49.2 Å². The van der Waals surface area contributed by atoms with Crippen LogP contribution in [-0.2, 0) is 11.2 Å². The highest BCUT2D eigenvalue weighted by atomic mass is 16.7. The topological polar surface area (TPSA) is 157 Å². The number of aromatic hydroxyl groups is 1. The molecule has 1 fully saturated rings. The van der Waals surface area contributed by atoms with Crippen LogP contribution in [0, 0.1) is 24.2 Å². The van der Waals surface area contributed by atoms with Gasteiger partial charge < -0.3 is 40.1 Å². The maximum absolute atomic E-state index is 12.7. The number of terminal acetylenes is 1. The Bertz CT molecular complexity index is 1100. The highest BCUT2D eigenvalue weighted by Gasteiger charge is 2.46. The number of allylic oxidation sites excluding steroid dienone is 3. The van der Waals surface area contributed by atoms with Gasteiger partial charge in [0.2, 0.25) is 6.29 Å². The van der Waals surface area contributed by atoms with Gasteiger partial charge in [-0.05, 0) is 63.5 Å². The second-order valence-corrected chi connectivity index (χ2v) is 10.3. The van der Waals surface area contributed by atoms with Crippen molar-refractivity contribution in [2.45, 2.75) is 83.1 Å². The molecule has 1 heterocycles. The predicted octanol–water partition coefficient (Wildman–Crippen LogP) is 2.84. The van der Waals surface area contributed by atoms with Gasteiger partial charge >= 0.3 is 5.97 Å². The molecule has 2 aliphatic rings. The SMILES string of the molecule is C#CCCCCc1cc(O)c([C@@H]2C=C(C)CC[C@H]2C(=C)C)c(OC2O[C@H](O)[C@@H](O)[C@H](O)[C@H]2CO)c1C(=O)O. The van der Waals surface area contributed by atoms with Crippen LogP contribution in [0.1, 0.15) is 73.4 Å². The van der Waals surface area contributed by atoms with Gasteiger partial charge in [-0.25, -0.2) is 4.79 Å². The average Bonchev–Trinajstić information content (AvgIpc) is 2.85.